The van der Waals surface area contributed by atoms with Crippen LogP contribution in [0, 0.1) is 0 Å². The van der Waals surface area contributed by atoms with Crippen LogP contribution in [-0.4, -0.2) is 37.2 Å². The Morgan fingerprint density at radius 3 is 0.904 bits per heavy atom. The summed E-state index contributed by atoms with van der Waals surface area (Å²) in [5.41, 5.74) is 0. The van der Waals surface area contributed by atoms with Gasteiger partial charge in [0.05, 0.1) is 0 Å². The number of carbonyl (C=O) groups is 3. The normalized spacial score (nSPS) is 12.8. The van der Waals surface area contributed by atoms with Crippen LogP contribution >= 0.6 is 0 Å². The van der Waals surface area contributed by atoms with Gasteiger partial charge in [0.2, 0.25) is 0 Å². The summed E-state index contributed by atoms with van der Waals surface area (Å²) in [5, 5.41) is 0. The average molecular weight is 1020 g/mol. The molecule has 0 aromatic heterocycles. The van der Waals surface area contributed by atoms with Gasteiger partial charge in [-0.3, -0.25) is 14.4 Å². The van der Waals surface area contributed by atoms with Crippen molar-refractivity contribution in [2.75, 3.05) is 13.2 Å². The molecule has 0 bridgehead atoms. The van der Waals surface area contributed by atoms with Gasteiger partial charge >= 0.3 is 17.9 Å². The molecule has 0 spiro atoms. The number of carbonyl (C=O) groups excluding carboxylic acids is 3. The second-order valence-corrected chi connectivity index (χ2v) is 20.2. The first-order valence-corrected chi connectivity index (χ1v) is 30.7. The Bertz CT molecular complexity index is 1440. The van der Waals surface area contributed by atoms with Gasteiger partial charge in [-0.2, -0.15) is 0 Å². The van der Waals surface area contributed by atoms with Crippen LogP contribution in [-0.2, 0) is 28.6 Å². The van der Waals surface area contributed by atoms with E-state index < -0.39 is 12.1 Å². The van der Waals surface area contributed by atoms with Crippen molar-refractivity contribution in [3.63, 3.8) is 0 Å². The number of rotatable bonds is 55. The fraction of sp³-hybridized carbons (Fsp3) is 0.716. The first-order chi connectivity index (χ1) is 36.0. The van der Waals surface area contributed by atoms with Crippen molar-refractivity contribution in [2.24, 2.45) is 0 Å². The standard InChI is InChI=1S/C67H114O6/c1-4-7-10-13-16-19-22-25-28-30-32-33-35-36-39-42-45-48-51-54-57-60-66(69)72-63-64(62-71-65(68)59-56-53-50-47-44-41-38-27-24-21-18-15-12-9-6-3)73-67(70)61-58-55-52-49-46-43-40-37-34-31-29-26-23-20-17-14-11-8-5-2/h8,11,17,20-21,24-26,28-29,34,37,43,46,52,55,64H,4-7,9-10,12-16,18-19,22-23,27,30-33,35-36,38-42,44-45,47-51,53-54,56-63H2,1-3H3/b11-8-,20-17-,24-21-,28-25-,29-26-,37-34-,46-43-,55-52-/t64-/m0/s1. The van der Waals surface area contributed by atoms with Gasteiger partial charge in [-0.15, -0.1) is 0 Å². The summed E-state index contributed by atoms with van der Waals surface area (Å²) in [6.45, 7) is 6.47. The Kier molecular flexibility index (Phi) is 57.8. The SMILES string of the molecule is CC/C=C\C/C=C\C/C=C\C/C=C\C/C=C\C/C=C\CCC(=O)O[C@@H](COC(=O)CCCCCCCCC/C=C\CCCCCC)COC(=O)CCCCCCCCCCCCC/C=C\CCCCCCCC. The second kappa shape index (κ2) is 60.9. The molecule has 0 saturated heterocycles. The van der Waals surface area contributed by atoms with Gasteiger partial charge in [-0.1, -0.05) is 259 Å². The molecule has 1 atom stereocenters. The maximum Gasteiger partial charge on any atom is 0.306 e. The van der Waals surface area contributed by atoms with Gasteiger partial charge < -0.3 is 14.2 Å². The highest BCUT2D eigenvalue weighted by Gasteiger charge is 2.19. The zero-order chi connectivity index (χ0) is 52.9. The zero-order valence-corrected chi connectivity index (χ0v) is 47.9. The van der Waals surface area contributed by atoms with Crippen molar-refractivity contribution in [2.45, 2.75) is 297 Å². The Morgan fingerprint density at radius 1 is 0.288 bits per heavy atom. The molecule has 0 rings (SSSR count). The number of allylic oxidation sites excluding steroid dienone is 16. The predicted molar refractivity (Wildman–Crippen MR) is 316 cm³/mol. The van der Waals surface area contributed by atoms with Crippen LogP contribution in [0.3, 0.4) is 0 Å². The van der Waals surface area contributed by atoms with Crippen LogP contribution in [0.4, 0.5) is 0 Å². The Morgan fingerprint density at radius 2 is 0.562 bits per heavy atom. The highest BCUT2D eigenvalue weighted by molar-refractivity contribution is 5.71. The third-order valence-electron chi connectivity index (χ3n) is 13.1. The minimum Gasteiger partial charge on any atom is -0.462 e. The lowest BCUT2D eigenvalue weighted by Gasteiger charge is -2.18. The highest BCUT2D eigenvalue weighted by atomic mass is 16.6. The first kappa shape index (κ1) is 69.3. The summed E-state index contributed by atoms with van der Waals surface area (Å²) < 4.78 is 16.8. The van der Waals surface area contributed by atoms with E-state index in [1.165, 1.54) is 167 Å². The van der Waals surface area contributed by atoms with E-state index in [0.29, 0.717) is 19.3 Å². The monoisotopic (exact) mass is 1010 g/mol. The Labute approximate surface area is 451 Å². The minimum atomic E-state index is -0.821. The Hall–Kier alpha value is -3.67. The van der Waals surface area contributed by atoms with Gasteiger partial charge in [0.15, 0.2) is 6.10 Å². The molecule has 0 fully saturated rings. The molecule has 0 aliphatic rings. The second-order valence-electron chi connectivity index (χ2n) is 20.2. The molecule has 0 aliphatic heterocycles. The maximum atomic E-state index is 12.9. The van der Waals surface area contributed by atoms with Crippen molar-refractivity contribution in [1.29, 1.82) is 0 Å². The summed E-state index contributed by atoms with van der Waals surface area (Å²) >= 11 is 0. The van der Waals surface area contributed by atoms with Crippen molar-refractivity contribution >= 4 is 17.9 Å². The fourth-order valence-electron chi connectivity index (χ4n) is 8.46. The molecule has 6 heteroatoms. The minimum absolute atomic E-state index is 0.109. The molecular formula is C67H114O6. The molecule has 0 saturated carbocycles. The molecule has 0 aliphatic carbocycles. The molecule has 418 valence electrons. The first-order valence-electron chi connectivity index (χ1n) is 30.7. The molecule has 0 amide bonds. The highest BCUT2D eigenvalue weighted by Crippen LogP contribution is 2.15. The molecule has 6 nitrogen and oxygen atoms in total. The third-order valence-corrected chi connectivity index (χ3v) is 13.1. The molecule has 73 heavy (non-hydrogen) atoms. The summed E-state index contributed by atoms with van der Waals surface area (Å²) in [7, 11) is 0. The molecule has 0 N–H and O–H groups in total. The van der Waals surface area contributed by atoms with Gasteiger partial charge in [0.1, 0.15) is 13.2 Å². The molecule has 0 aromatic carbocycles. The van der Waals surface area contributed by atoms with Crippen LogP contribution in [0.25, 0.3) is 0 Å². The summed E-state index contributed by atoms with van der Waals surface area (Å²) in [6, 6.07) is 0. The van der Waals surface area contributed by atoms with Crippen LogP contribution in [0.5, 0.6) is 0 Å². The van der Waals surface area contributed by atoms with Crippen LogP contribution in [0.2, 0.25) is 0 Å². The molecule has 0 aromatic rings. The van der Waals surface area contributed by atoms with Gasteiger partial charge in [-0.25, -0.2) is 0 Å². The van der Waals surface area contributed by atoms with E-state index >= 15 is 0 Å². The smallest absolute Gasteiger partial charge is 0.306 e. The van der Waals surface area contributed by atoms with Crippen molar-refractivity contribution in [3.8, 4) is 0 Å². The average Bonchev–Trinajstić information content (AvgIpc) is 3.39. The lowest BCUT2D eigenvalue weighted by atomic mass is 10.0. The third kappa shape index (κ3) is 59.1. The number of hydrogen-bond donors (Lipinski definition) is 0. The topological polar surface area (TPSA) is 78.9 Å². The summed E-state index contributed by atoms with van der Waals surface area (Å²) in [5.74, 6) is -0.992. The van der Waals surface area contributed by atoms with Gasteiger partial charge in [0.25, 0.3) is 0 Å². The lowest BCUT2D eigenvalue weighted by Crippen LogP contribution is -2.30. The van der Waals surface area contributed by atoms with E-state index in [1.807, 2.05) is 6.08 Å². The summed E-state index contributed by atoms with van der Waals surface area (Å²) in [4.78, 5) is 38.2. The fourth-order valence-corrected chi connectivity index (χ4v) is 8.46. The van der Waals surface area contributed by atoms with E-state index in [4.69, 9.17) is 14.2 Å². The quantitative estimate of drug-likeness (QED) is 0.0261. The maximum absolute atomic E-state index is 12.9. The van der Waals surface area contributed by atoms with Crippen LogP contribution in [0.1, 0.15) is 290 Å². The number of hydrogen-bond acceptors (Lipinski definition) is 6. The number of ether oxygens (including phenoxy) is 3. The van der Waals surface area contributed by atoms with Gasteiger partial charge in [0, 0.05) is 19.3 Å². The van der Waals surface area contributed by atoms with E-state index in [9.17, 15) is 14.4 Å². The Balaban J connectivity index is 4.46. The van der Waals surface area contributed by atoms with Crippen LogP contribution in [0.15, 0.2) is 97.2 Å². The van der Waals surface area contributed by atoms with E-state index in [1.54, 1.807) is 0 Å². The molecule has 0 unspecified atom stereocenters. The van der Waals surface area contributed by atoms with Crippen molar-refractivity contribution in [1.82, 2.24) is 0 Å². The van der Waals surface area contributed by atoms with Crippen LogP contribution < -0.4 is 0 Å². The number of unbranched alkanes of at least 4 members (excludes halogenated alkanes) is 28. The van der Waals surface area contributed by atoms with Crippen molar-refractivity contribution in [3.05, 3.63) is 97.2 Å². The molecule has 0 radical (unpaired) electrons. The zero-order valence-electron chi connectivity index (χ0n) is 47.9. The summed E-state index contributed by atoms with van der Waals surface area (Å²) in [6.07, 6.45) is 81.3. The van der Waals surface area contributed by atoms with Crippen molar-refractivity contribution < 1.29 is 28.6 Å². The predicted octanol–water partition coefficient (Wildman–Crippen LogP) is 20.9. The largest absolute Gasteiger partial charge is 0.462 e. The van der Waals surface area contributed by atoms with E-state index in [0.717, 1.165) is 77.0 Å². The lowest BCUT2D eigenvalue weighted by molar-refractivity contribution is -0.166. The molecule has 0 heterocycles. The molecular weight excluding hydrogens is 901 g/mol. The van der Waals surface area contributed by atoms with Gasteiger partial charge in [-0.05, 0) is 109 Å². The van der Waals surface area contributed by atoms with E-state index in [-0.39, 0.29) is 31.6 Å². The van der Waals surface area contributed by atoms with E-state index in [2.05, 4.69) is 112 Å². The number of esters is 3.